The maximum atomic E-state index is 15.2. The summed E-state index contributed by atoms with van der Waals surface area (Å²) in [7, 11) is 0. The lowest BCUT2D eigenvalue weighted by Gasteiger charge is -2.29. The zero-order valence-electron chi connectivity index (χ0n) is 16.5. The van der Waals surface area contributed by atoms with Crippen LogP contribution >= 0.6 is 0 Å². The first-order chi connectivity index (χ1) is 13.5. The molecule has 3 fully saturated rings. The van der Waals surface area contributed by atoms with Crippen molar-refractivity contribution < 1.29 is 18.7 Å². The number of likely N-dealkylation sites (tertiary alicyclic amines) is 1. The number of ether oxygens (including phenoxy) is 1. The van der Waals surface area contributed by atoms with Gasteiger partial charge in [0.05, 0.1) is 18.6 Å². The largest absolute Gasteiger partial charge is 0.378 e. The first kappa shape index (κ1) is 19.4. The van der Waals surface area contributed by atoms with Crippen LogP contribution in [0.3, 0.4) is 0 Å². The Bertz CT molecular complexity index is 722. The first-order valence-corrected chi connectivity index (χ1v) is 10.5. The minimum Gasteiger partial charge on any atom is -0.378 e. The van der Waals surface area contributed by atoms with E-state index in [1.54, 1.807) is 4.90 Å². The molecule has 3 aliphatic rings. The average Bonchev–Trinajstić information content (AvgIpc) is 3.08. The van der Waals surface area contributed by atoms with Crippen molar-refractivity contribution in [3.63, 3.8) is 0 Å². The van der Waals surface area contributed by atoms with E-state index in [1.165, 1.54) is 0 Å². The molecule has 4 atom stereocenters. The summed E-state index contributed by atoms with van der Waals surface area (Å²) in [4.78, 5) is 29.0. The molecule has 0 radical (unpaired) electrons. The maximum Gasteiger partial charge on any atom is 0.260 e. The summed E-state index contributed by atoms with van der Waals surface area (Å²) in [5, 5.41) is 0. The number of nitrogens with zero attached hydrogens (tertiary/aromatic N) is 2. The number of carbonyl (C=O) groups excluding carboxylic acids is 2. The fourth-order valence-electron chi connectivity index (χ4n) is 4.74. The Morgan fingerprint density at radius 3 is 2.75 bits per heavy atom. The Labute approximate surface area is 165 Å². The number of carbonyl (C=O) groups is 2. The Hall–Kier alpha value is -1.95. The standard InChI is InChI=1S/C22H29FN2O3/c1-2-25(20(26)13-18-9-6-12-28-18)17-10-11-24(15-17)21(27)22(23)14-19(22)16-7-4-3-5-8-16/h3-5,7-8,17-19H,2,6,9-15H2,1H3/t17?,18-,19+,22+/m0/s1. The van der Waals surface area contributed by atoms with Gasteiger partial charge in [0.15, 0.2) is 5.67 Å². The Balaban J connectivity index is 1.35. The minimum atomic E-state index is -1.78. The molecule has 28 heavy (non-hydrogen) atoms. The highest BCUT2D eigenvalue weighted by Crippen LogP contribution is 2.55. The highest BCUT2D eigenvalue weighted by atomic mass is 19.1. The van der Waals surface area contributed by atoms with Crippen LogP contribution in [0.25, 0.3) is 0 Å². The van der Waals surface area contributed by atoms with Crippen molar-refractivity contribution >= 4 is 11.8 Å². The van der Waals surface area contributed by atoms with Crippen LogP contribution in [0.5, 0.6) is 0 Å². The lowest BCUT2D eigenvalue weighted by atomic mass is 10.1. The smallest absolute Gasteiger partial charge is 0.260 e. The molecule has 4 rings (SSSR count). The second-order valence-corrected chi connectivity index (χ2v) is 8.24. The molecule has 6 heteroatoms. The summed E-state index contributed by atoms with van der Waals surface area (Å²) in [5.41, 5.74) is -0.898. The van der Waals surface area contributed by atoms with E-state index in [0.717, 1.165) is 25.0 Å². The zero-order chi connectivity index (χ0) is 19.7. The summed E-state index contributed by atoms with van der Waals surface area (Å²) in [6.07, 6.45) is 3.34. The number of rotatable bonds is 6. The molecule has 2 saturated heterocycles. The molecule has 0 aromatic heterocycles. The zero-order valence-corrected chi connectivity index (χ0v) is 16.5. The number of benzene rings is 1. The van der Waals surface area contributed by atoms with Gasteiger partial charge in [0.25, 0.3) is 5.91 Å². The van der Waals surface area contributed by atoms with Gasteiger partial charge < -0.3 is 14.5 Å². The third-order valence-corrected chi connectivity index (χ3v) is 6.43. The van der Waals surface area contributed by atoms with Crippen molar-refractivity contribution in [3.05, 3.63) is 35.9 Å². The van der Waals surface area contributed by atoms with Gasteiger partial charge in [-0.2, -0.15) is 0 Å². The third-order valence-electron chi connectivity index (χ3n) is 6.43. The second kappa shape index (κ2) is 7.82. The Morgan fingerprint density at radius 1 is 1.29 bits per heavy atom. The third kappa shape index (κ3) is 3.66. The molecule has 1 aromatic carbocycles. The molecule has 1 aromatic rings. The van der Waals surface area contributed by atoms with E-state index in [-0.39, 0.29) is 30.4 Å². The number of alkyl halides is 1. The van der Waals surface area contributed by atoms with Gasteiger partial charge in [0.2, 0.25) is 5.91 Å². The fraction of sp³-hybridized carbons (Fsp3) is 0.636. The van der Waals surface area contributed by atoms with E-state index in [2.05, 4.69) is 0 Å². The molecule has 0 spiro atoms. The molecule has 1 unspecified atom stereocenters. The van der Waals surface area contributed by atoms with Crippen LogP contribution in [-0.4, -0.2) is 65.7 Å². The van der Waals surface area contributed by atoms with Gasteiger partial charge in [-0.25, -0.2) is 4.39 Å². The normalized spacial score (nSPS) is 31.8. The van der Waals surface area contributed by atoms with Crippen LogP contribution in [0, 0.1) is 0 Å². The van der Waals surface area contributed by atoms with Crippen LogP contribution in [0.1, 0.15) is 50.5 Å². The van der Waals surface area contributed by atoms with Crippen molar-refractivity contribution in [1.29, 1.82) is 0 Å². The minimum absolute atomic E-state index is 0.0212. The van der Waals surface area contributed by atoms with Crippen LogP contribution < -0.4 is 0 Å². The molecule has 152 valence electrons. The lowest BCUT2D eigenvalue weighted by molar-refractivity contribution is -0.139. The molecule has 0 bridgehead atoms. The Kier molecular flexibility index (Phi) is 5.41. The average molecular weight is 388 g/mol. The Morgan fingerprint density at radius 2 is 2.07 bits per heavy atom. The van der Waals surface area contributed by atoms with Crippen molar-refractivity contribution in [2.24, 2.45) is 0 Å². The van der Waals surface area contributed by atoms with Crippen LogP contribution in [0.15, 0.2) is 30.3 Å². The highest BCUT2D eigenvalue weighted by Gasteiger charge is 2.63. The number of likely N-dealkylation sites (N-methyl/N-ethyl adjacent to an activating group) is 1. The fourth-order valence-corrected chi connectivity index (χ4v) is 4.74. The summed E-state index contributed by atoms with van der Waals surface area (Å²) in [6, 6.07) is 9.39. The molecule has 2 aliphatic heterocycles. The van der Waals surface area contributed by atoms with Gasteiger partial charge in [0.1, 0.15) is 0 Å². The number of amides is 2. The molecular formula is C22H29FN2O3. The molecule has 2 heterocycles. The van der Waals surface area contributed by atoms with Crippen molar-refractivity contribution in [1.82, 2.24) is 9.80 Å². The molecular weight excluding hydrogens is 359 g/mol. The number of halogens is 1. The van der Waals surface area contributed by atoms with Gasteiger partial charge in [-0.1, -0.05) is 30.3 Å². The summed E-state index contributed by atoms with van der Waals surface area (Å²) >= 11 is 0. The van der Waals surface area contributed by atoms with Gasteiger partial charge in [-0.3, -0.25) is 9.59 Å². The van der Waals surface area contributed by atoms with E-state index in [9.17, 15) is 9.59 Å². The topological polar surface area (TPSA) is 49.9 Å². The quantitative estimate of drug-likeness (QED) is 0.753. The van der Waals surface area contributed by atoms with Gasteiger partial charge >= 0.3 is 0 Å². The maximum absolute atomic E-state index is 15.2. The van der Waals surface area contributed by atoms with Crippen LogP contribution in [0.4, 0.5) is 4.39 Å². The van der Waals surface area contributed by atoms with E-state index in [1.807, 2.05) is 42.2 Å². The lowest BCUT2D eigenvalue weighted by Crippen LogP contribution is -2.45. The highest BCUT2D eigenvalue weighted by molar-refractivity contribution is 5.90. The summed E-state index contributed by atoms with van der Waals surface area (Å²) in [5.74, 6) is -0.674. The molecule has 1 saturated carbocycles. The summed E-state index contributed by atoms with van der Waals surface area (Å²) < 4.78 is 20.8. The molecule has 5 nitrogen and oxygen atoms in total. The van der Waals surface area contributed by atoms with Gasteiger partial charge in [-0.05, 0) is 31.7 Å². The van der Waals surface area contributed by atoms with Crippen LogP contribution in [0.2, 0.25) is 0 Å². The number of hydrogen-bond donors (Lipinski definition) is 0. The predicted octanol–water partition coefficient (Wildman–Crippen LogP) is 2.90. The van der Waals surface area contributed by atoms with E-state index in [0.29, 0.717) is 32.5 Å². The van der Waals surface area contributed by atoms with Crippen LogP contribution in [-0.2, 0) is 14.3 Å². The molecule has 1 aliphatic carbocycles. The second-order valence-electron chi connectivity index (χ2n) is 8.24. The van der Waals surface area contributed by atoms with Crippen molar-refractivity contribution in [3.8, 4) is 0 Å². The van der Waals surface area contributed by atoms with Crippen molar-refractivity contribution in [2.75, 3.05) is 26.2 Å². The molecule has 0 N–H and O–H groups in total. The van der Waals surface area contributed by atoms with Gasteiger partial charge in [0, 0.05) is 38.6 Å². The first-order valence-electron chi connectivity index (χ1n) is 10.5. The number of hydrogen-bond acceptors (Lipinski definition) is 3. The van der Waals surface area contributed by atoms with E-state index < -0.39 is 11.6 Å². The van der Waals surface area contributed by atoms with Gasteiger partial charge in [-0.15, -0.1) is 0 Å². The monoisotopic (exact) mass is 388 g/mol. The predicted molar refractivity (Wildman–Crippen MR) is 104 cm³/mol. The van der Waals surface area contributed by atoms with E-state index >= 15 is 4.39 Å². The molecule has 2 amide bonds. The van der Waals surface area contributed by atoms with E-state index in [4.69, 9.17) is 4.74 Å². The van der Waals surface area contributed by atoms with Crippen molar-refractivity contribution in [2.45, 2.75) is 62.8 Å². The SMILES string of the molecule is CCN(C(=O)C[C@@H]1CCCO1)C1CCN(C(=O)[C@@]2(F)C[C@@H]2c2ccccc2)C1. The summed E-state index contributed by atoms with van der Waals surface area (Å²) in [6.45, 7) is 4.24.